The van der Waals surface area contributed by atoms with E-state index in [0.29, 0.717) is 25.6 Å². The van der Waals surface area contributed by atoms with Crippen LogP contribution in [-0.2, 0) is 4.74 Å². The third kappa shape index (κ3) is 2.68. The van der Waals surface area contributed by atoms with Crippen LogP contribution >= 0.6 is 11.6 Å². The molecular formula is C11H13ClN2O3. The number of hydrogen-bond acceptors (Lipinski definition) is 3. The summed E-state index contributed by atoms with van der Waals surface area (Å²) >= 11 is 5.79. The molecule has 2 rings (SSSR count). The number of amides is 1. The standard InChI is InChI=1S/C11H13ClN2O3/c12-6-8-7-17-5-4-14(8)11(16)9-2-1-3-10(15)13-9/h1-3,8H,4-7H2,(H,13,15). The minimum atomic E-state index is -0.286. The fourth-order valence-corrected chi connectivity index (χ4v) is 2.03. The van der Waals surface area contributed by atoms with Crippen LogP contribution in [0.3, 0.4) is 0 Å². The number of morpholine rings is 1. The van der Waals surface area contributed by atoms with E-state index in [9.17, 15) is 9.59 Å². The maximum atomic E-state index is 12.2. The van der Waals surface area contributed by atoms with Crippen molar-refractivity contribution in [3.05, 3.63) is 34.2 Å². The van der Waals surface area contributed by atoms with Gasteiger partial charge in [0.1, 0.15) is 5.69 Å². The van der Waals surface area contributed by atoms with E-state index in [4.69, 9.17) is 16.3 Å². The summed E-state index contributed by atoms with van der Waals surface area (Å²) in [4.78, 5) is 27.5. The molecule has 0 saturated carbocycles. The molecule has 1 N–H and O–H groups in total. The van der Waals surface area contributed by atoms with Gasteiger partial charge in [0.2, 0.25) is 5.56 Å². The summed E-state index contributed by atoms with van der Waals surface area (Å²) in [6.45, 7) is 1.43. The lowest BCUT2D eigenvalue weighted by Crippen LogP contribution is -2.50. The summed E-state index contributed by atoms with van der Waals surface area (Å²) in [5.74, 6) is 0.111. The molecule has 5 nitrogen and oxygen atoms in total. The maximum Gasteiger partial charge on any atom is 0.270 e. The van der Waals surface area contributed by atoms with Crippen LogP contribution in [0, 0.1) is 0 Å². The quantitative estimate of drug-likeness (QED) is 0.782. The second-order valence-electron chi connectivity index (χ2n) is 3.81. The summed E-state index contributed by atoms with van der Waals surface area (Å²) in [5, 5.41) is 0. The van der Waals surface area contributed by atoms with E-state index < -0.39 is 0 Å². The molecule has 0 bridgehead atoms. The summed E-state index contributed by atoms with van der Waals surface area (Å²) in [5.41, 5.74) is 0.000972. The molecular weight excluding hydrogens is 244 g/mol. The van der Waals surface area contributed by atoms with Gasteiger partial charge in [0.25, 0.3) is 5.91 Å². The minimum absolute atomic E-state index is 0.137. The number of pyridine rings is 1. The first kappa shape index (κ1) is 12.1. The average molecular weight is 257 g/mol. The molecule has 0 aromatic carbocycles. The first-order valence-electron chi connectivity index (χ1n) is 5.36. The Morgan fingerprint density at radius 3 is 3.12 bits per heavy atom. The van der Waals surface area contributed by atoms with Gasteiger partial charge in [-0.2, -0.15) is 0 Å². The molecule has 1 amide bonds. The summed E-state index contributed by atoms with van der Waals surface area (Å²) in [6, 6.07) is 4.38. The second kappa shape index (κ2) is 5.33. The maximum absolute atomic E-state index is 12.2. The van der Waals surface area contributed by atoms with Gasteiger partial charge in [-0.1, -0.05) is 6.07 Å². The minimum Gasteiger partial charge on any atom is -0.377 e. The Balaban J connectivity index is 2.21. The Hall–Kier alpha value is -1.33. The number of rotatable bonds is 2. The van der Waals surface area contributed by atoms with Gasteiger partial charge in [-0.05, 0) is 6.07 Å². The number of aromatic amines is 1. The zero-order valence-electron chi connectivity index (χ0n) is 9.19. The first-order valence-corrected chi connectivity index (χ1v) is 5.90. The van der Waals surface area contributed by atoms with Gasteiger partial charge >= 0.3 is 0 Å². The molecule has 1 saturated heterocycles. The molecule has 1 aromatic heterocycles. The van der Waals surface area contributed by atoms with Crippen LogP contribution in [0.5, 0.6) is 0 Å². The predicted octanol–water partition coefficient (Wildman–Crippen LogP) is 0.455. The van der Waals surface area contributed by atoms with Crippen LogP contribution in [0.15, 0.2) is 23.0 Å². The van der Waals surface area contributed by atoms with E-state index >= 15 is 0 Å². The van der Waals surface area contributed by atoms with Crippen LogP contribution in [0.4, 0.5) is 0 Å². The number of alkyl halides is 1. The van der Waals surface area contributed by atoms with E-state index in [2.05, 4.69) is 4.98 Å². The Morgan fingerprint density at radius 2 is 2.41 bits per heavy atom. The van der Waals surface area contributed by atoms with E-state index in [1.54, 1.807) is 17.0 Å². The third-order valence-corrected chi connectivity index (χ3v) is 3.02. The molecule has 1 fully saturated rings. The predicted molar refractivity (Wildman–Crippen MR) is 63.4 cm³/mol. The van der Waals surface area contributed by atoms with E-state index in [1.807, 2.05) is 0 Å². The number of hydrogen-bond donors (Lipinski definition) is 1. The number of H-pyrrole nitrogens is 1. The SMILES string of the molecule is O=C(c1cccc(=O)[nH]1)N1CCOCC1CCl. The molecule has 1 atom stereocenters. The van der Waals surface area contributed by atoms with Crippen molar-refractivity contribution in [2.45, 2.75) is 6.04 Å². The van der Waals surface area contributed by atoms with E-state index in [0.717, 1.165) is 0 Å². The van der Waals surface area contributed by atoms with Gasteiger partial charge in [-0.3, -0.25) is 9.59 Å². The number of ether oxygens (including phenoxy) is 1. The number of halogens is 1. The monoisotopic (exact) mass is 256 g/mol. The lowest BCUT2D eigenvalue weighted by Gasteiger charge is -2.34. The molecule has 92 valence electrons. The van der Waals surface area contributed by atoms with Crippen molar-refractivity contribution in [1.29, 1.82) is 0 Å². The van der Waals surface area contributed by atoms with Crippen LogP contribution < -0.4 is 5.56 Å². The van der Waals surface area contributed by atoms with Crippen LogP contribution in [-0.4, -0.2) is 47.5 Å². The normalized spacial score (nSPS) is 20.3. The molecule has 0 aliphatic carbocycles. The largest absolute Gasteiger partial charge is 0.377 e. The smallest absolute Gasteiger partial charge is 0.270 e. The van der Waals surface area contributed by atoms with Crippen LogP contribution in [0.2, 0.25) is 0 Å². The number of aromatic nitrogens is 1. The van der Waals surface area contributed by atoms with Crippen molar-refractivity contribution >= 4 is 17.5 Å². The van der Waals surface area contributed by atoms with Gasteiger partial charge < -0.3 is 14.6 Å². The van der Waals surface area contributed by atoms with E-state index in [1.165, 1.54) is 6.07 Å². The third-order valence-electron chi connectivity index (χ3n) is 2.67. The molecule has 1 aliphatic heterocycles. The van der Waals surface area contributed by atoms with Crippen molar-refractivity contribution in [2.75, 3.05) is 25.6 Å². The zero-order chi connectivity index (χ0) is 12.3. The molecule has 0 radical (unpaired) electrons. The lowest BCUT2D eigenvalue weighted by molar-refractivity contribution is 0.00422. The van der Waals surface area contributed by atoms with E-state index in [-0.39, 0.29) is 23.2 Å². The number of carbonyl (C=O) groups is 1. The number of nitrogens with zero attached hydrogens (tertiary/aromatic N) is 1. The molecule has 6 heteroatoms. The highest BCUT2D eigenvalue weighted by Crippen LogP contribution is 2.11. The summed E-state index contributed by atoms with van der Waals surface area (Å²) in [7, 11) is 0. The Bertz CT molecular complexity index is 460. The van der Waals surface area contributed by atoms with Crippen LogP contribution in [0.25, 0.3) is 0 Å². The fraction of sp³-hybridized carbons (Fsp3) is 0.455. The number of nitrogens with one attached hydrogen (secondary N) is 1. The van der Waals surface area contributed by atoms with Gasteiger partial charge in [-0.15, -0.1) is 11.6 Å². The summed E-state index contributed by atoms with van der Waals surface area (Å²) in [6.07, 6.45) is 0. The Labute approximate surface area is 103 Å². The summed E-state index contributed by atoms with van der Waals surface area (Å²) < 4.78 is 5.26. The molecule has 1 unspecified atom stereocenters. The molecule has 2 heterocycles. The van der Waals surface area contributed by atoms with Gasteiger partial charge in [0, 0.05) is 18.5 Å². The van der Waals surface area contributed by atoms with Gasteiger partial charge in [0.15, 0.2) is 0 Å². The highest BCUT2D eigenvalue weighted by Gasteiger charge is 2.27. The highest BCUT2D eigenvalue weighted by atomic mass is 35.5. The van der Waals surface area contributed by atoms with Gasteiger partial charge in [-0.25, -0.2) is 0 Å². The zero-order valence-corrected chi connectivity index (χ0v) is 9.94. The van der Waals surface area contributed by atoms with Crippen molar-refractivity contribution in [3.8, 4) is 0 Å². The molecule has 17 heavy (non-hydrogen) atoms. The molecule has 0 spiro atoms. The highest BCUT2D eigenvalue weighted by molar-refractivity contribution is 6.18. The van der Waals surface area contributed by atoms with Crippen molar-refractivity contribution in [2.24, 2.45) is 0 Å². The topological polar surface area (TPSA) is 62.4 Å². The Morgan fingerprint density at radius 1 is 1.59 bits per heavy atom. The number of carbonyl (C=O) groups excluding carboxylic acids is 1. The first-order chi connectivity index (χ1) is 8.22. The van der Waals surface area contributed by atoms with Crippen LogP contribution in [0.1, 0.15) is 10.5 Å². The van der Waals surface area contributed by atoms with Crippen molar-refractivity contribution in [3.63, 3.8) is 0 Å². The second-order valence-corrected chi connectivity index (χ2v) is 4.12. The Kier molecular flexibility index (Phi) is 3.81. The van der Waals surface area contributed by atoms with Crippen molar-refractivity contribution in [1.82, 2.24) is 9.88 Å². The molecule has 1 aromatic rings. The van der Waals surface area contributed by atoms with Crippen molar-refractivity contribution < 1.29 is 9.53 Å². The molecule has 1 aliphatic rings. The average Bonchev–Trinajstić information content (AvgIpc) is 2.38. The lowest BCUT2D eigenvalue weighted by atomic mass is 10.2. The fourth-order valence-electron chi connectivity index (χ4n) is 1.78. The van der Waals surface area contributed by atoms with Gasteiger partial charge in [0.05, 0.1) is 19.3 Å².